The fraction of sp³-hybridized carbons (Fsp3) is 0.367. The zero-order valence-corrected chi connectivity index (χ0v) is 20.5. The lowest BCUT2D eigenvalue weighted by Gasteiger charge is -2.37. The van der Waals surface area contributed by atoms with Crippen LogP contribution in [0.15, 0.2) is 60.7 Å². The standard InChI is InChI=1S/C30H32FNO3/c1-18(30(33)34)29(22-9-10-22)23-11-8-21-12-15-27(32(2)28(21)16-23)20-6-4-19(5-7-20)25-17-24(35-3)13-14-26(25)31/h4-8,11,13-14,16-18,22,27,29H,9-10,12,15H2,1-3H3,(H,33,34). The van der Waals surface area contributed by atoms with Crippen molar-refractivity contribution in [2.45, 2.75) is 44.6 Å². The topological polar surface area (TPSA) is 49.8 Å². The number of anilines is 1. The molecular formula is C30H32FNO3. The number of hydrogen-bond acceptors (Lipinski definition) is 3. The van der Waals surface area contributed by atoms with Gasteiger partial charge in [0.2, 0.25) is 0 Å². The molecule has 3 aromatic carbocycles. The highest BCUT2D eigenvalue weighted by Crippen LogP contribution is 2.48. The maximum atomic E-state index is 14.4. The lowest BCUT2D eigenvalue weighted by atomic mass is 9.81. The molecule has 5 rings (SSSR count). The molecule has 2 aliphatic rings. The van der Waals surface area contributed by atoms with Crippen LogP contribution < -0.4 is 9.64 Å². The van der Waals surface area contributed by atoms with E-state index >= 15 is 0 Å². The van der Waals surface area contributed by atoms with Crippen molar-refractivity contribution in [3.05, 3.63) is 83.2 Å². The molecule has 3 atom stereocenters. The Bertz CT molecular complexity index is 1230. The zero-order valence-electron chi connectivity index (χ0n) is 20.5. The summed E-state index contributed by atoms with van der Waals surface area (Å²) < 4.78 is 19.7. The van der Waals surface area contributed by atoms with Crippen molar-refractivity contribution in [1.82, 2.24) is 0 Å². The summed E-state index contributed by atoms with van der Waals surface area (Å²) in [7, 11) is 3.70. The van der Waals surface area contributed by atoms with Crippen LogP contribution in [0.4, 0.5) is 10.1 Å². The van der Waals surface area contributed by atoms with Crippen LogP contribution in [0.5, 0.6) is 5.75 Å². The van der Waals surface area contributed by atoms with E-state index in [0.717, 1.165) is 36.8 Å². The van der Waals surface area contributed by atoms with Gasteiger partial charge in [-0.25, -0.2) is 4.39 Å². The average Bonchev–Trinajstić information content (AvgIpc) is 3.70. The fourth-order valence-corrected chi connectivity index (χ4v) is 5.69. The molecular weight excluding hydrogens is 441 g/mol. The third kappa shape index (κ3) is 4.52. The molecule has 0 aromatic heterocycles. The maximum absolute atomic E-state index is 14.4. The van der Waals surface area contributed by atoms with Gasteiger partial charge in [-0.3, -0.25) is 4.79 Å². The number of carbonyl (C=O) groups is 1. The van der Waals surface area contributed by atoms with Gasteiger partial charge in [0, 0.05) is 18.3 Å². The first-order valence-electron chi connectivity index (χ1n) is 12.4. The Balaban J connectivity index is 1.42. The van der Waals surface area contributed by atoms with E-state index in [0.29, 0.717) is 17.2 Å². The van der Waals surface area contributed by atoms with Crippen molar-refractivity contribution >= 4 is 11.7 Å². The van der Waals surface area contributed by atoms with Crippen molar-refractivity contribution in [3.63, 3.8) is 0 Å². The van der Waals surface area contributed by atoms with Crippen LogP contribution in [0.25, 0.3) is 11.1 Å². The second-order valence-corrected chi connectivity index (χ2v) is 10.0. The SMILES string of the molecule is COc1ccc(F)c(-c2ccc(C3CCc4ccc(C(C5CC5)C(C)C(=O)O)cc4N3C)cc2)c1. The van der Waals surface area contributed by atoms with Crippen LogP contribution in [-0.4, -0.2) is 25.2 Å². The van der Waals surface area contributed by atoms with Gasteiger partial charge in [0.25, 0.3) is 0 Å². The predicted molar refractivity (Wildman–Crippen MR) is 137 cm³/mol. The number of rotatable bonds is 7. The molecule has 35 heavy (non-hydrogen) atoms. The number of aliphatic carboxylic acids is 1. The molecule has 3 aromatic rings. The molecule has 0 radical (unpaired) electrons. The first kappa shape index (κ1) is 23.4. The van der Waals surface area contributed by atoms with E-state index in [2.05, 4.69) is 42.3 Å². The first-order valence-corrected chi connectivity index (χ1v) is 12.4. The largest absolute Gasteiger partial charge is 0.497 e. The van der Waals surface area contributed by atoms with Gasteiger partial charge in [0.1, 0.15) is 11.6 Å². The number of benzene rings is 3. The Morgan fingerprint density at radius 2 is 1.80 bits per heavy atom. The first-order chi connectivity index (χ1) is 16.9. The molecule has 4 nitrogen and oxygen atoms in total. The molecule has 0 saturated heterocycles. The maximum Gasteiger partial charge on any atom is 0.306 e. The number of aryl methyl sites for hydroxylation is 1. The van der Waals surface area contributed by atoms with Crippen molar-refractivity contribution in [3.8, 4) is 16.9 Å². The molecule has 182 valence electrons. The van der Waals surface area contributed by atoms with Crippen LogP contribution in [-0.2, 0) is 11.2 Å². The van der Waals surface area contributed by atoms with E-state index in [9.17, 15) is 14.3 Å². The highest BCUT2D eigenvalue weighted by molar-refractivity contribution is 5.72. The number of ether oxygens (including phenoxy) is 1. The van der Waals surface area contributed by atoms with E-state index in [1.54, 1.807) is 19.2 Å². The third-order valence-corrected chi connectivity index (χ3v) is 7.87. The molecule has 1 aliphatic heterocycles. The molecule has 1 fully saturated rings. The lowest BCUT2D eigenvalue weighted by molar-refractivity contribution is -0.142. The van der Waals surface area contributed by atoms with Gasteiger partial charge in [-0.2, -0.15) is 0 Å². The van der Waals surface area contributed by atoms with Crippen molar-refractivity contribution in [2.24, 2.45) is 11.8 Å². The van der Waals surface area contributed by atoms with Crippen LogP contribution in [0.1, 0.15) is 54.8 Å². The summed E-state index contributed by atoms with van der Waals surface area (Å²) in [5, 5.41) is 9.68. The van der Waals surface area contributed by atoms with E-state index < -0.39 is 11.9 Å². The number of nitrogens with zero attached hydrogens (tertiary/aromatic N) is 1. The minimum absolute atomic E-state index is 0.0589. The summed E-state index contributed by atoms with van der Waals surface area (Å²) in [5.41, 5.74) is 6.17. The Morgan fingerprint density at radius 3 is 2.46 bits per heavy atom. The number of carboxylic acids is 1. The minimum Gasteiger partial charge on any atom is -0.497 e. The van der Waals surface area contributed by atoms with Crippen LogP contribution in [0.3, 0.4) is 0 Å². The monoisotopic (exact) mass is 473 g/mol. The van der Waals surface area contributed by atoms with Gasteiger partial charge < -0.3 is 14.7 Å². The molecule has 0 spiro atoms. The highest BCUT2D eigenvalue weighted by Gasteiger charge is 2.39. The highest BCUT2D eigenvalue weighted by atomic mass is 19.1. The molecule has 3 unspecified atom stereocenters. The molecule has 1 N–H and O–H groups in total. The van der Waals surface area contributed by atoms with E-state index in [4.69, 9.17) is 4.74 Å². The third-order valence-electron chi connectivity index (χ3n) is 7.87. The number of hydrogen-bond donors (Lipinski definition) is 1. The summed E-state index contributed by atoms with van der Waals surface area (Å²) in [6, 6.07) is 19.7. The molecule has 1 saturated carbocycles. The Hall–Kier alpha value is -3.34. The predicted octanol–water partition coefficient (Wildman–Crippen LogP) is 6.84. The number of fused-ring (bicyclic) bond motifs is 1. The van der Waals surface area contributed by atoms with Gasteiger partial charge in [-0.15, -0.1) is 0 Å². The smallest absolute Gasteiger partial charge is 0.306 e. The summed E-state index contributed by atoms with van der Waals surface area (Å²) in [6.45, 7) is 1.84. The van der Waals surface area contributed by atoms with Crippen LogP contribution in [0.2, 0.25) is 0 Å². The van der Waals surface area contributed by atoms with E-state index in [1.807, 2.05) is 19.1 Å². The second-order valence-electron chi connectivity index (χ2n) is 10.0. The summed E-state index contributed by atoms with van der Waals surface area (Å²) in [4.78, 5) is 14.1. The molecule has 1 aliphatic carbocycles. The number of carboxylic acid groups (broad SMARTS) is 1. The Kier molecular flexibility index (Phi) is 6.26. The summed E-state index contributed by atoms with van der Waals surface area (Å²) in [5.74, 6) is -0.229. The fourth-order valence-electron chi connectivity index (χ4n) is 5.69. The zero-order chi connectivity index (χ0) is 24.7. The Morgan fingerprint density at radius 1 is 1.06 bits per heavy atom. The van der Waals surface area contributed by atoms with Gasteiger partial charge in [0.15, 0.2) is 0 Å². The second kappa shape index (κ2) is 9.37. The van der Waals surface area contributed by atoms with Crippen molar-refractivity contribution < 1.29 is 19.0 Å². The summed E-state index contributed by atoms with van der Waals surface area (Å²) >= 11 is 0. The Labute approximate surface area is 206 Å². The normalized spacial score (nSPS) is 19.1. The van der Waals surface area contributed by atoms with E-state index in [-0.39, 0.29) is 17.8 Å². The number of halogens is 1. The lowest BCUT2D eigenvalue weighted by Crippen LogP contribution is -2.30. The summed E-state index contributed by atoms with van der Waals surface area (Å²) in [6.07, 6.45) is 4.18. The quantitative estimate of drug-likeness (QED) is 0.408. The molecule has 0 amide bonds. The van der Waals surface area contributed by atoms with Crippen LogP contribution >= 0.6 is 0 Å². The van der Waals surface area contributed by atoms with E-state index in [1.165, 1.54) is 22.9 Å². The van der Waals surface area contributed by atoms with Crippen molar-refractivity contribution in [2.75, 3.05) is 19.1 Å². The molecule has 0 bridgehead atoms. The van der Waals surface area contributed by atoms with Crippen molar-refractivity contribution in [1.29, 1.82) is 0 Å². The van der Waals surface area contributed by atoms with Gasteiger partial charge in [-0.1, -0.05) is 43.3 Å². The molecule has 5 heteroatoms. The van der Waals surface area contributed by atoms with Crippen LogP contribution in [0, 0.1) is 17.7 Å². The number of methoxy groups -OCH3 is 1. The molecule has 1 heterocycles. The average molecular weight is 474 g/mol. The minimum atomic E-state index is -0.724. The van der Waals surface area contributed by atoms with Gasteiger partial charge >= 0.3 is 5.97 Å². The van der Waals surface area contributed by atoms with Gasteiger partial charge in [-0.05, 0) is 84.0 Å². The van der Waals surface area contributed by atoms with Gasteiger partial charge in [0.05, 0.1) is 19.1 Å².